The van der Waals surface area contributed by atoms with Crippen molar-refractivity contribution in [1.82, 2.24) is 4.98 Å². The van der Waals surface area contributed by atoms with E-state index in [-0.39, 0.29) is 11.5 Å². The third kappa shape index (κ3) is 4.36. The van der Waals surface area contributed by atoms with Crippen molar-refractivity contribution in [2.24, 2.45) is 0 Å². The lowest BCUT2D eigenvalue weighted by atomic mass is 10.1. The van der Waals surface area contributed by atoms with Crippen LogP contribution < -0.4 is 20.1 Å². The molecule has 5 rings (SSSR count). The summed E-state index contributed by atoms with van der Waals surface area (Å²) in [4.78, 5) is 31.0. The molecule has 1 aliphatic carbocycles. The number of hydrogen-bond acceptors (Lipinski definition) is 6. The molecule has 0 bridgehead atoms. The summed E-state index contributed by atoms with van der Waals surface area (Å²) in [5.74, 6) is 0.734. The Hall–Kier alpha value is -4.36. The number of carbonyl (C=O) groups is 2. The molecular weight excluding hydrogens is 478 g/mol. The number of benzene rings is 3. The summed E-state index contributed by atoms with van der Waals surface area (Å²) in [5.41, 5.74) is 4.37. The van der Waals surface area contributed by atoms with Gasteiger partial charge in [0.05, 0.1) is 36.2 Å². The topological polar surface area (TPSA) is 89.6 Å². The lowest BCUT2D eigenvalue weighted by Crippen LogP contribution is -2.16. The average Bonchev–Trinajstić information content (AvgIpc) is 3.20. The zero-order valence-corrected chi connectivity index (χ0v) is 20.3. The van der Waals surface area contributed by atoms with E-state index in [4.69, 9.17) is 21.1 Å². The molecule has 0 saturated carbocycles. The molecule has 0 radical (unpaired) electrons. The average molecular weight is 500 g/mol. The van der Waals surface area contributed by atoms with Crippen LogP contribution in [0.4, 0.5) is 11.4 Å². The first-order valence-electron chi connectivity index (χ1n) is 11.2. The number of nitrogens with zero attached hydrogens (tertiary/aromatic N) is 1. The Morgan fingerprint density at radius 1 is 0.944 bits per heavy atom. The SMILES string of the molecule is COc1ccc(NC(=O)c2cc(NCc3ccc(OC)c(Cl)c3)c3c(n2)-c2ccccc2C3=O)cc1. The van der Waals surface area contributed by atoms with Crippen LogP contribution in [-0.2, 0) is 6.54 Å². The monoisotopic (exact) mass is 499 g/mol. The Bertz CT molecular complexity index is 1490. The Labute approximate surface area is 213 Å². The number of nitrogens with one attached hydrogen (secondary N) is 2. The van der Waals surface area contributed by atoms with Crippen LogP contribution in [0.1, 0.15) is 32.0 Å². The Kier molecular flexibility index (Phi) is 6.31. The largest absolute Gasteiger partial charge is 0.497 e. The number of hydrogen-bond donors (Lipinski definition) is 2. The van der Waals surface area contributed by atoms with Gasteiger partial charge in [-0.15, -0.1) is 0 Å². The summed E-state index contributed by atoms with van der Waals surface area (Å²) in [5, 5.41) is 6.65. The van der Waals surface area contributed by atoms with Gasteiger partial charge >= 0.3 is 0 Å². The second-order valence-electron chi connectivity index (χ2n) is 8.16. The molecule has 36 heavy (non-hydrogen) atoms. The minimum absolute atomic E-state index is 0.134. The molecule has 0 fully saturated rings. The first-order valence-corrected chi connectivity index (χ1v) is 11.6. The molecule has 2 N–H and O–H groups in total. The highest BCUT2D eigenvalue weighted by atomic mass is 35.5. The van der Waals surface area contributed by atoms with Crippen molar-refractivity contribution >= 4 is 34.7 Å². The molecule has 3 aromatic carbocycles. The third-order valence-electron chi connectivity index (χ3n) is 5.95. The number of rotatable bonds is 7. The number of pyridine rings is 1. The van der Waals surface area contributed by atoms with Gasteiger partial charge in [-0.1, -0.05) is 41.9 Å². The molecule has 1 heterocycles. The van der Waals surface area contributed by atoms with Crippen molar-refractivity contribution in [3.05, 3.63) is 100 Å². The maximum atomic E-state index is 13.3. The van der Waals surface area contributed by atoms with Gasteiger partial charge in [-0.05, 0) is 48.0 Å². The standard InChI is InChI=1S/C28H22ClN3O4/c1-35-18-10-8-17(9-11-18)31-28(34)23-14-22(30-15-16-7-12-24(36-2)21(29)13-16)25-26(32-23)19-5-3-4-6-20(19)27(25)33/h3-14H,15H2,1-2H3,(H,30,32)(H,31,34). The van der Waals surface area contributed by atoms with Crippen molar-refractivity contribution in [2.75, 3.05) is 24.9 Å². The molecule has 0 atom stereocenters. The van der Waals surface area contributed by atoms with Crippen LogP contribution in [0.25, 0.3) is 11.3 Å². The van der Waals surface area contributed by atoms with E-state index >= 15 is 0 Å². The quantitative estimate of drug-likeness (QED) is 0.293. The number of fused-ring (bicyclic) bond motifs is 3. The summed E-state index contributed by atoms with van der Waals surface area (Å²) >= 11 is 6.27. The van der Waals surface area contributed by atoms with E-state index in [1.165, 1.54) is 0 Å². The summed E-state index contributed by atoms with van der Waals surface area (Å²) in [6.45, 7) is 0.378. The summed E-state index contributed by atoms with van der Waals surface area (Å²) < 4.78 is 10.4. The second kappa shape index (κ2) is 9.71. The minimum Gasteiger partial charge on any atom is -0.497 e. The number of anilines is 2. The van der Waals surface area contributed by atoms with Gasteiger partial charge in [0.1, 0.15) is 17.2 Å². The fourth-order valence-electron chi connectivity index (χ4n) is 4.13. The fraction of sp³-hybridized carbons (Fsp3) is 0.107. The normalized spacial score (nSPS) is 11.5. The number of amides is 1. The van der Waals surface area contributed by atoms with Crippen molar-refractivity contribution in [1.29, 1.82) is 0 Å². The number of aromatic nitrogens is 1. The Morgan fingerprint density at radius 2 is 1.69 bits per heavy atom. The number of ketones is 1. The highest BCUT2D eigenvalue weighted by Crippen LogP contribution is 2.39. The molecule has 1 aliphatic rings. The highest BCUT2D eigenvalue weighted by molar-refractivity contribution is 6.32. The van der Waals surface area contributed by atoms with Crippen LogP contribution >= 0.6 is 11.6 Å². The van der Waals surface area contributed by atoms with Gasteiger partial charge in [0.2, 0.25) is 0 Å². The molecule has 180 valence electrons. The van der Waals surface area contributed by atoms with E-state index in [1.54, 1.807) is 62.8 Å². The zero-order chi connectivity index (χ0) is 25.2. The summed E-state index contributed by atoms with van der Waals surface area (Å²) in [6, 6.07) is 21.3. The molecule has 7 nitrogen and oxygen atoms in total. The zero-order valence-electron chi connectivity index (χ0n) is 19.6. The number of ether oxygens (including phenoxy) is 2. The minimum atomic E-state index is -0.393. The van der Waals surface area contributed by atoms with E-state index < -0.39 is 5.91 Å². The molecule has 0 unspecified atom stereocenters. The lowest BCUT2D eigenvalue weighted by Gasteiger charge is -2.14. The third-order valence-corrected chi connectivity index (χ3v) is 6.25. The van der Waals surface area contributed by atoms with Gasteiger partial charge in [0.25, 0.3) is 5.91 Å². The molecular formula is C28H22ClN3O4. The van der Waals surface area contributed by atoms with Gasteiger partial charge in [0, 0.05) is 23.4 Å². The smallest absolute Gasteiger partial charge is 0.274 e. The fourth-order valence-corrected chi connectivity index (χ4v) is 4.41. The highest BCUT2D eigenvalue weighted by Gasteiger charge is 2.32. The Balaban J connectivity index is 1.50. The molecule has 4 aromatic rings. The van der Waals surface area contributed by atoms with Gasteiger partial charge in [-0.25, -0.2) is 4.98 Å². The lowest BCUT2D eigenvalue weighted by molar-refractivity contribution is 0.101. The van der Waals surface area contributed by atoms with E-state index in [0.717, 1.165) is 5.56 Å². The van der Waals surface area contributed by atoms with Crippen molar-refractivity contribution in [3.8, 4) is 22.8 Å². The van der Waals surface area contributed by atoms with Crippen LogP contribution in [0.5, 0.6) is 11.5 Å². The van der Waals surface area contributed by atoms with Crippen molar-refractivity contribution in [3.63, 3.8) is 0 Å². The van der Waals surface area contributed by atoms with Crippen LogP contribution in [0.15, 0.2) is 72.8 Å². The number of halogens is 1. The van der Waals surface area contributed by atoms with Crippen molar-refractivity contribution < 1.29 is 19.1 Å². The Morgan fingerprint density at radius 3 is 2.39 bits per heavy atom. The van der Waals surface area contributed by atoms with Gasteiger partial charge in [0.15, 0.2) is 5.78 Å². The predicted molar refractivity (Wildman–Crippen MR) is 139 cm³/mol. The van der Waals surface area contributed by atoms with E-state index in [9.17, 15) is 9.59 Å². The van der Waals surface area contributed by atoms with Gasteiger partial charge < -0.3 is 20.1 Å². The van der Waals surface area contributed by atoms with Crippen molar-refractivity contribution in [2.45, 2.75) is 6.54 Å². The summed E-state index contributed by atoms with van der Waals surface area (Å²) in [7, 11) is 3.14. The van der Waals surface area contributed by atoms with Gasteiger partial charge in [-0.2, -0.15) is 0 Å². The van der Waals surface area contributed by atoms with Crippen LogP contribution in [0.3, 0.4) is 0 Å². The molecule has 8 heteroatoms. The first-order chi connectivity index (χ1) is 17.5. The maximum Gasteiger partial charge on any atom is 0.274 e. The molecule has 1 aromatic heterocycles. The number of methoxy groups -OCH3 is 2. The molecule has 1 amide bonds. The van der Waals surface area contributed by atoms with Gasteiger partial charge in [-0.3, -0.25) is 9.59 Å². The van der Waals surface area contributed by atoms with E-state index in [0.29, 0.717) is 56.8 Å². The second-order valence-corrected chi connectivity index (χ2v) is 8.57. The maximum absolute atomic E-state index is 13.3. The molecule has 0 aliphatic heterocycles. The molecule has 0 spiro atoms. The van der Waals surface area contributed by atoms with E-state index in [2.05, 4.69) is 15.6 Å². The first kappa shape index (κ1) is 23.4. The van der Waals surface area contributed by atoms with E-state index in [1.807, 2.05) is 24.3 Å². The van der Waals surface area contributed by atoms with Crippen LogP contribution in [0.2, 0.25) is 5.02 Å². The summed E-state index contributed by atoms with van der Waals surface area (Å²) in [6.07, 6.45) is 0. The van der Waals surface area contributed by atoms with Crippen LogP contribution in [-0.4, -0.2) is 30.9 Å². The number of carbonyl (C=O) groups excluding carboxylic acids is 2. The predicted octanol–water partition coefficient (Wildman–Crippen LogP) is 5.83. The molecule has 0 saturated heterocycles. The van der Waals surface area contributed by atoms with Crippen LogP contribution in [0, 0.1) is 0 Å².